The van der Waals surface area contributed by atoms with Crippen LogP contribution in [0.25, 0.3) is 0 Å². The number of carbonyl (C=O) groups excluding carboxylic acids is 1. The SMILES string of the molecule is COC(=O)COCCCBr. The van der Waals surface area contributed by atoms with Crippen LogP contribution < -0.4 is 0 Å². The highest BCUT2D eigenvalue weighted by Crippen LogP contribution is 1.88. The van der Waals surface area contributed by atoms with Crippen LogP contribution in [0.3, 0.4) is 0 Å². The van der Waals surface area contributed by atoms with Gasteiger partial charge in [0.25, 0.3) is 0 Å². The normalized spacial score (nSPS) is 9.40. The number of alkyl halides is 1. The maximum Gasteiger partial charge on any atom is 0.331 e. The number of ether oxygens (including phenoxy) is 2. The Morgan fingerprint density at radius 1 is 1.60 bits per heavy atom. The fourth-order valence-corrected chi connectivity index (χ4v) is 0.600. The molecule has 0 rings (SSSR count). The smallest absolute Gasteiger partial charge is 0.331 e. The molecule has 0 aliphatic carbocycles. The van der Waals surface area contributed by atoms with Crippen LogP contribution in [0.1, 0.15) is 6.42 Å². The average Bonchev–Trinajstić information content (AvgIpc) is 1.98. The van der Waals surface area contributed by atoms with Crippen molar-refractivity contribution in [3.8, 4) is 0 Å². The molecule has 0 aromatic rings. The second-order valence-electron chi connectivity index (χ2n) is 1.67. The van der Waals surface area contributed by atoms with Gasteiger partial charge in [0.05, 0.1) is 7.11 Å². The molecule has 0 aliphatic rings. The Labute approximate surface area is 68.8 Å². The number of methoxy groups -OCH3 is 1. The van der Waals surface area contributed by atoms with Gasteiger partial charge in [-0.2, -0.15) is 0 Å². The van der Waals surface area contributed by atoms with E-state index in [0.717, 1.165) is 11.8 Å². The molecule has 0 spiro atoms. The molecule has 10 heavy (non-hydrogen) atoms. The molecule has 0 bridgehead atoms. The zero-order valence-electron chi connectivity index (χ0n) is 5.93. The second-order valence-corrected chi connectivity index (χ2v) is 2.46. The summed E-state index contributed by atoms with van der Waals surface area (Å²) in [7, 11) is 1.34. The van der Waals surface area contributed by atoms with E-state index in [4.69, 9.17) is 4.74 Å². The fraction of sp³-hybridized carbons (Fsp3) is 0.833. The molecule has 0 atom stereocenters. The quantitative estimate of drug-likeness (QED) is 0.386. The minimum absolute atomic E-state index is 0.0590. The van der Waals surface area contributed by atoms with Gasteiger partial charge in [-0.15, -0.1) is 0 Å². The van der Waals surface area contributed by atoms with Crippen molar-refractivity contribution in [2.24, 2.45) is 0 Å². The van der Waals surface area contributed by atoms with E-state index < -0.39 is 0 Å². The highest BCUT2D eigenvalue weighted by molar-refractivity contribution is 9.09. The topological polar surface area (TPSA) is 35.5 Å². The zero-order valence-corrected chi connectivity index (χ0v) is 7.52. The van der Waals surface area contributed by atoms with Gasteiger partial charge in [0, 0.05) is 11.9 Å². The lowest BCUT2D eigenvalue weighted by atomic mass is 10.5. The van der Waals surface area contributed by atoms with Gasteiger partial charge in [0.15, 0.2) is 0 Å². The van der Waals surface area contributed by atoms with E-state index in [1.807, 2.05) is 0 Å². The lowest BCUT2D eigenvalue weighted by molar-refractivity contribution is -0.145. The predicted octanol–water partition coefficient (Wildman–Crippen LogP) is 0.961. The Balaban J connectivity index is 2.96. The Bertz CT molecular complexity index is 95.0. The summed E-state index contributed by atoms with van der Waals surface area (Å²) in [6.07, 6.45) is 0.914. The van der Waals surface area contributed by atoms with Crippen LogP contribution in [0.5, 0.6) is 0 Å². The maximum absolute atomic E-state index is 10.4. The van der Waals surface area contributed by atoms with Crippen molar-refractivity contribution >= 4 is 21.9 Å². The molecule has 0 aromatic carbocycles. The van der Waals surface area contributed by atoms with Gasteiger partial charge in [0.1, 0.15) is 6.61 Å². The molecule has 0 fully saturated rings. The summed E-state index contributed by atoms with van der Waals surface area (Å²) in [4.78, 5) is 10.4. The van der Waals surface area contributed by atoms with Gasteiger partial charge >= 0.3 is 5.97 Å². The van der Waals surface area contributed by atoms with E-state index in [2.05, 4.69) is 20.7 Å². The van der Waals surface area contributed by atoms with Crippen molar-refractivity contribution in [3.63, 3.8) is 0 Å². The van der Waals surface area contributed by atoms with Crippen LogP contribution in [0.2, 0.25) is 0 Å². The van der Waals surface area contributed by atoms with E-state index >= 15 is 0 Å². The van der Waals surface area contributed by atoms with Crippen molar-refractivity contribution in [1.82, 2.24) is 0 Å². The van der Waals surface area contributed by atoms with Crippen LogP contribution >= 0.6 is 15.9 Å². The molecule has 0 aliphatic heterocycles. The zero-order chi connectivity index (χ0) is 7.82. The third-order valence-corrected chi connectivity index (χ3v) is 1.43. The molecular weight excluding hydrogens is 200 g/mol. The van der Waals surface area contributed by atoms with Crippen molar-refractivity contribution in [1.29, 1.82) is 0 Å². The number of hydrogen-bond acceptors (Lipinski definition) is 3. The van der Waals surface area contributed by atoms with Crippen molar-refractivity contribution in [2.75, 3.05) is 25.7 Å². The first kappa shape index (κ1) is 9.91. The summed E-state index contributed by atoms with van der Waals surface area (Å²) in [5.74, 6) is -0.324. The van der Waals surface area contributed by atoms with E-state index in [-0.39, 0.29) is 12.6 Å². The van der Waals surface area contributed by atoms with Gasteiger partial charge < -0.3 is 9.47 Å². The highest BCUT2D eigenvalue weighted by Gasteiger charge is 1.97. The molecule has 0 unspecified atom stereocenters. The molecule has 0 heterocycles. The average molecular weight is 211 g/mol. The van der Waals surface area contributed by atoms with Crippen LogP contribution in [-0.2, 0) is 14.3 Å². The largest absolute Gasteiger partial charge is 0.467 e. The molecule has 0 saturated heterocycles. The van der Waals surface area contributed by atoms with Gasteiger partial charge in [-0.05, 0) is 6.42 Å². The summed E-state index contributed by atoms with van der Waals surface area (Å²) >= 11 is 3.24. The van der Waals surface area contributed by atoms with Gasteiger partial charge in [-0.25, -0.2) is 4.79 Å². The van der Waals surface area contributed by atoms with E-state index in [0.29, 0.717) is 6.61 Å². The minimum Gasteiger partial charge on any atom is -0.467 e. The molecule has 0 N–H and O–H groups in total. The molecule has 0 radical (unpaired) electrons. The summed E-state index contributed by atoms with van der Waals surface area (Å²) in [5, 5.41) is 0.897. The van der Waals surface area contributed by atoms with Gasteiger partial charge in [0.2, 0.25) is 0 Å². The maximum atomic E-state index is 10.4. The molecule has 0 aromatic heterocycles. The van der Waals surface area contributed by atoms with Gasteiger partial charge in [-0.1, -0.05) is 15.9 Å². The van der Waals surface area contributed by atoms with Crippen molar-refractivity contribution in [3.05, 3.63) is 0 Å². The van der Waals surface area contributed by atoms with Crippen LogP contribution in [-0.4, -0.2) is 31.6 Å². The molecular formula is C6H11BrO3. The minimum atomic E-state index is -0.324. The summed E-state index contributed by atoms with van der Waals surface area (Å²) in [6, 6.07) is 0. The predicted molar refractivity (Wildman–Crippen MR) is 41.2 cm³/mol. The van der Waals surface area contributed by atoms with Crippen LogP contribution in [0.4, 0.5) is 0 Å². The summed E-state index contributed by atoms with van der Waals surface area (Å²) in [5.41, 5.74) is 0. The molecule has 3 nitrogen and oxygen atoms in total. The number of rotatable bonds is 5. The van der Waals surface area contributed by atoms with E-state index in [9.17, 15) is 4.79 Å². The Kier molecular flexibility index (Phi) is 6.96. The Morgan fingerprint density at radius 3 is 2.80 bits per heavy atom. The van der Waals surface area contributed by atoms with Crippen molar-refractivity contribution in [2.45, 2.75) is 6.42 Å². The Hall–Kier alpha value is -0.0900. The molecule has 0 amide bonds. The first-order chi connectivity index (χ1) is 4.81. The standard InChI is InChI=1S/C6H11BrO3/c1-9-6(8)5-10-4-2-3-7/h2-5H2,1H3. The number of esters is 1. The second kappa shape index (κ2) is 7.02. The van der Waals surface area contributed by atoms with Gasteiger partial charge in [-0.3, -0.25) is 0 Å². The first-order valence-electron chi connectivity index (χ1n) is 3.01. The Morgan fingerprint density at radius 2 is 2.30 bits per heavy atom. The first-order valence-corrected chi connectivity index (χ1v) is 4.14. The molecule has 0 saturated carbocycles. The van der Waals surface area contributed by atoms with Crippen LogP contribution in [0, 0.1) is 0 Å². The number of hydrogen-bond donors (Lipinski definition) is 0. The fourth-order valence-electron chi connectivity index (χ4n) is 0.371. The molecule has 4 heteroatoms. The summed E-state index contributed by atoms with van der Waals surface area (Å²) < 4.78 is 9.28. The lowest BCUT2D eigenvalue weighted by Crippen LogP contribution is -2.10. The number of carbonyl (C=O) groups is 1. The third kappa shape index (κ3) is 6.04. The molecule has 60 valence electrons. The highest BCUT2D eigenvalue weighted by atomic mass is 79.9. The number of halogens is 1. The van der Waals surface area contributed by atoms with E-state index in [1.165, 1.54) is 7.11 Å². The summed E-state index contributed by atoms with van der Waals surface area (Å²) in [6.45, 7) is 0.657. The third-order valence-electron chi connectivity index (χ3n) is 0.870. The van der Waals surface area contributed by atoms with E-state index in [1.54, 1.807) is 0 Å². The monoisotopic (exact) mass is 210 g/mol. The van der Waals surface area contributed by atoms with Crippen molar-refractivity contribution < 1.29 is 14.3 Å². The lowest BCUT2D eigenvalue weighted by Gasteiger charge is -1.99. The van der Waals surface area contributed by atoms with Crippen LogP contribution in [0.15, 0.2) is 0 Å².